The Morgan fingerprint density at radius 3 is 2.84 bits per heavy atom. The van der Waals surface area contributed by atoms with Crippen molar-refractivity contribution in [1.82, 2.24) is 10.1 Å². The van der Waals surface area contributed by atoms with Gasteiger partial charge in [-0.3, -0.25) is 4.79 Å². The molecule has 1 aromatic heterocycles. The summed E-state index contributed by atoms with van der Waals surface area (Å²) < 4.78 is 5.29. The van der Waals surface area contributed by atoms with Gasteiger partial charge in [0.05, 0.1) is 11.8 Å². The number of carboxylic acid groups (broad SMARTS) is 1. The maximum atomic E-state index is 11.3. The van der Waals surface area contributed by atoms with Crippen LogP contribution in [0, 0.1) is 17.8 Å². The molecule has 0 spiro atoms. The number of hydrogen-bond donors (Lipinski definition) is 1. The molecule has 1 aliphatic carbocycles. The second-order valence-corrected chi connectivity index (χ2v) is 6.11. The van der Waals surface area contributed by atoms with E-state index in [9.17, 15) is 9.90 Å². The number of aliphatic carboxylic acids is 1. The Hall–Kier alpha value is -1.39. The van der Waals surface area contributed by atoms with Crippen LogP contribution in [0.1, 0.15) is 57.7 Å². The van der Waals surface area contributed by atoms with Crippen molar-refractivity contribution in [2.75, 3.05) is 0 Å². The largest absolute Gasteiger partial charge is 0.481 e. The number of carboxylic acids is 1. The molecule has 0 radical (unpaired) electrons. The number of carbonyl (C=O) groups is 1. The van der Waals surface area contributed by atoms with Crippen molar-refractivity contribution in [2.24, 2.45) is 17.8 Å². The lowest BCUT2D eigenvalue weighted by Crippen LogP contribution is -2.17. The van der Waals surface area contributed by atoms with Crippen LogP contribution in [0.25, 0.3) is 0 Å². The number of aryl methyl sites for hydroxylation is 1. The second-order valence-electron chi connectivity index (χ2n) is 6.11. The van der Waals surface area contributed by atoms with Gasteiger partial charge in [0.2, 0.25) is 5.89 Å². The molecule has 3 atom stereocenters. The Labute approximate surface area is 113 Å². The van der Waals surface area contributed by atoms with Gasteiger partial charge < -0.3 is 9.63 Å². The Morgan fingerprint density at radius 2 is 2.21 bits per heavy atom. The Balaban J connectivity index is 2.06. The lowest BCUT2D eigenvalue weighted by Gasteiger charge is -2.10. The molecule has 1 fully saturated rings. The summed E-state index contributed by atoms with van der Waals surface area (Å²) in [7, 11) is 0. The highest BCUT2D eigenvalue weighted by molar-refractivity contribution is 5.71. The topological polar surface area (TPSA) is 76.2 Å². The normalized spacial score (nSPS) is 27.1. The van der Waals surface area contributed by atoms with Crippen molar-refractivity contribution in [2.45, 2.75) is 52.4 Å². The van der Waals surface area contributed by atoms with Gasteiger partial charge in [0, 0.05) is 6.42 Å². The summed E-state index contributed by atoms with van der Waals surface area (Å²) in [6.45, 7) is 6.38. The van der Waals surface area contributed by atoms with E-state index in [0.717, 1.165) is 19.3 Å². The van der Waals surface area contributed by atoms with Gasteiger partial charge in [-0.25, -0.2) is 0 Å². The van der Waals surface area contributed by atoms with Crippen LogP contribution in [0.4, 0.5) is 0 Å². The molecular weight excluding hydrogens is 244 g/mol. The molecule has 0 amide bonds. The molecule has 0 aromatic carbocycles. The number of hydrogen-bond acceptors (Lipinski definition) is 4. The number of nitrogens with zero attached hydrogens (tertiary/aromatic N) is 2. The highest BCUT2D eigenvalue weighted by atomic mass is 16.5. The third-order valence-electron chi connectivity index (χ3n) is 3.86. The van der Waals surface area contributed by atoms with Crippen LogP contribution in [0.3, 0.4) is 0 Å². The number of aromatic nitrogens is 2. The van der Waals surface area contributed by atoms with E-state index in [1.54, 1.807) is 0 Å². The molecule has 0 aliphatic heterocycles. The van der Waals surface area contributed by atoms with E-state index in [0.29, 0.717) is 30.0 Å². The van der Waals surface area contributed by atoms with E-state index in [-0.39, 0.29) is 11.8 Å². The molecular formula is C14H22N2O3. The van der Waals surface area contributed by atoms with E-state index in [1.165, 1.54) is 0 Å². The van der Waals surface area contributed by atoms with Crippen LogP contribution in [0.5, 0.6) is 0 Å². The molecule has 1 aromatic rings. The standard InChI is InChI=1S/C14H22N2O3/c1-8(2)4-5-12-15-13(19-16-12)10-6-9(3)7-11(10)14(17)18/h8-11H,4-7H2,1-3H3,(H,17,18). The fraction of sp³-hybridized carbons (Fsp3) is 0.786. The molecule has 19 heavy (non-hydrogen) atoms. The monoisotopic (exact) mass is 266 g/mol. The zero-order valence-corrected chi connectivity index (χ0v) is 11.8. The average molecular weight is 266 g/mol. The predicted octanol–water partition coefficient (Wildman–Crippen LogP) is 2.87. The minimum Gasteiger partial charge on any atom is -0.481 e. The molecule has 1 N–H and O–H groups in total. The van der Waals surface area contributed by atoms with Gasteiger partial charge in [0.25, 0.3) is 0 Å². The van der Waals surface area contributed by atoms with Crippen LogP contribution in [-0.2, 0) is 11.2 Å². The average Bonchev–Trinajstić information content (AvgIpc) is 2.92. The van der Waals surface area contributed by atoms with E-state index >= 15 is 0 Å². The summed E-state index contributed by atoms with van der Waals surface area (Å²) >= 11 is 0. The predicted molar refractivity (Wildman–Crippen MR) is 69.7 cm³/mol. The lowest BCUT2D eigenvalue weighted by atomic mass is 9.96. The quantitative estimate of drug-likeness (QED) is 0.886. The van der Waals surface area contributed by atoms with E-state index in [2.05, 4.69) is 30.9 Å². The van der Waals surface area contributed by atoms with E-state index in [1.807, 2.05) is 0 Å². The zero-order valence-electron chi connectivity index (χ0n) is 11.8. The first-order chi connectivity index (χ1) is 8.97. The van der Waals surface area contributed by atoms with Gasteiger partial charge in [-0.05, 0) is 31.1 Å². The van der Waals surface area contributed by atoms with Gasteiger partial charge in [-0.15, -0.1) is 0 Å². The van der Waals surface area contributed by atoms with Gasteiger partial charge in [-0.1, -0.05) is 25.9 Å². The Kier molecular flexibility index (Phi) is 4.22. The minimum atomic E-state index is -0.753. The Morgan fingerprint density at radius 1 is 1.47 bits per heavy atom. The van der Waals surface area contributed by atoms with Gasteiger partial charge in [-0.2, -0.15) is 4.98 Å². The van der Waals surface area contributed by atoms with Crippen molar-refractivity contribution in [1.29, 1.82) is 0 Å². The van der Waals surface area contributed by atoms with Crippen molar-refractivity contribution >= 4 is 5.97 Å². The highest BCUT2D eigenvalue weighted by Crippen LogP contribution is 2.42. The van der Waals surface area contributed by atoms with Crippen molar-refractivity contribution in [3.05, 3.63) is 11.7 Å². The summed E-state index contributed by atoms with van der Waals surface area (Å²) in [6.07, 6.45) is 3.33. The molecule has 3 unspecified atom stereocenters. The summed E-state index contributed by atoms with van der Waals surface area (Å²) in [5.74, 6) is 0.956. The lowest BCUT2D eigenvalue weighted by molar-refractivity contribution is -0.142. The zero-order chi connectivity index (χ0) is 14.0. The van der Waals surface area contributed by atoms with Crippen molar-refractivity contribution in [3.8, 4) is 0 Å². The van der Waals surface area contributed by atoms with Crippen molar-refractivity contribution in [3.63, 3.8) is 0 Å². The summed E-state index contributed by atoms with van der Waals surface area (Å²) in [4.78, 5) is 15.7. The highest BCUT2D eigenvalue weighted by Gasteiger charge is 2.41. The van der Waals surface area contributed by atoms with Crippen LogP contribution in [0.2, 0.25) is 0 Å². The fourth-order valence-corrected chi connectivity index (χ4v) is 2.77. The van der Waals surface area contributed by atoms with Crippen LogP contribution in [0.15, 0.2) is 4.52 Å². The molecule has 0 bridgehead atoms. The Bertz CT molecular complexity index is 442. The maximum Gasteiger partial charge on any atom is 0.307 e. The van der Waals surface area contributed by atoms with Gasteiger partial charge in [0.15, 0.2) is 5.82 Å². The fourth-order valence-electron chi connectivity index (χ4n) is 2.77. The molecule has 2 rings (SSSR count). The summed E-state index contributed by atoms with van der Waals surface area (Å²) in [5.41, 5.74) is 0. The van der Waals surface area contributed by atoms with Gasteiger partial charge in [0.1, 0.15) is 0 Å². The van der Waals surface area contributed by atoms with Crippen LogP contribution in [-0.4, -0.2) is 21.2 Å². The molecule has 5 heteroatoms. The van der Waals surface area contributed by atoms with Gasteiger partial charge >= 0.3 is 5.97 Å². The van der Waals surface area contributed by atoms with Crippen molar-refractivity contribution < 1.29 is 14.4 Å². The first kappa shape index (κ1) is 14.0. The number of rotatable bonds is 5. The smallest absolute Gasteiger partial charge is 0.307 e. The third kappa shape index (κ3) is 3.33. The SMILES string of the molecule is CC(C)CCc1noc(C2CC(C)CC2C(=O)O)n1. The molecule has 1 aliphatic rings. The minimum absolute atomic E-state index is 0.118. The van der Waals surface area contributed by atoms with Crippen LogP contribution < -0.4 is 0 Å². The van der Waals surface area contributed by atoms with E-state index < -0.39 is 5.97 Å². The first-order valence-electron chi connectivity index (χ1n) is 7.02. The molecule has 0 saturated heterocycles. The third-order valence-corrected chi connectivity index (χ3v) is 3.86. The molecule has 1 heterocycles. The molecule has 5 nitrogen and oxygen atoms in total. The van der Waals surface area contributed by atoms with E-state index in [4.69, 9.17) is 4.52 Å². The molecule has 106 valence electrons. The summed E-state index contributed by atoms with van der Waals surface area (Å²) in [6, 6.07) is 0. The summed E-state index contributed by atoms with van der Waals surface area (Å²) in [5, 5.41) is 13.2. The maximum absolute atomic E-state index is 11.3. The van der Waals surface area contributed by atoms with Crippen LogP contribution >= 0.6 is 0 Å². The second kappa shape index (κ2) is 5.72. The first-order valence-corrected chi connectivity index (χ1v) is 7.02. The molecule has 1 saturated carbocycles.